The molecule has 0 bridgehead atoms. The van der Waals surface area contributed by atoms with Crippen LogP contribution in [0.4, 0.5) is 0 Å². The summed E-state index contributed by atoms with van der Waals surface area (Å²) < 4.78 is 0. The summed E-state index contributed by atoms with van der Waals surface area (Å²) in [5.41, 5.74) is 24.5. The molecule has 7 N–H and O–H groups in total. The molecular formula is C63H79N29. The van der Waals surface area contributed by atoms with Crippen molar-refractivity contribution in [3.8, 4) is 216 Å². The van der Waals surface area contributed by atoms with E-state index in [1.54, 1.807) is 11.8 Å². The van der Waals surface area contributed by atoms with E-state index in [-0.39, 0.29) is 14.9 Å². The lowest BCUT2D eigenvalue weighted by atomic mass is 10.5. The first-order valence-corrected chi connectivity index (χ1v) is 22.3. The topological polar surface area (TPSA) is 432 Å². The van der Waals surface area contributed by atoms with Gasteiger partial charge in [0.25, 0.3) is 0 Å². The molecule has 0 fully saturated rings. The van der Waals surface area contributed by atoms with E-state index in [1.807, 2.05) is 55.4 Å². The van der Waals surface area contributed by atoms with Gasteiger partial charge in [0.05, 0.1) is 0 Å². The second kappa shape index (κ2) is 284. The van der Waals surface area contributed by atoms with Gasteiger partial charge in [-0.2, -0.15) is 11.1 Å². The minimum Gasteiger partial charge on any atom is -0.303 e. The summed E-state index contributed by atoms with van der Waals surface area (Å²) >= 11 is 0. The molecule has 0 unspecified atom stereocenters. The Morgan fingerprint density at radius 2 is 0.380 bits per heavy atom. The average molecular weight is 1240 g/mol. The summed E-state index contributed by atoms with van der Waals surface area (Å²) in [5, 5.41) is 62.6. The Hall–Kier alpha value is -15.9. The lowest BCUT2D eigenvalue weighted by molar-refractivity contribution is 0.747. The molecule has 92 heavy (non-hydrogen) atoms. The number of terminal acetylenes is 5. The molecule has 0 amide bonds. The van der Waals surface area contributed by atoms with Crippen LogP contribution >= 0.6 is 0 Å². The van der Waals surface area contributed by atoms with E-state index in [9.17, 15) is 0 Å². The number of rotatable bonds is 10. The Bertz CT molecular complexity index is 3050. The second-order valence-corrected chi connectivity index (χ2v) is 6.24. The van der Waals surface area contributed by atoms with Crippen LogP contribution in [0.3, 0.4) is 0 Å². The highest BCUT2D eigenvalue weighted by molar-refractivity contribution is 5.45. The summed E-state index contributed by atoms with van der Waals surface area (Å²) in [6.45, 7) is 65.7. The van der Waals surface area contributed by atoms with Crippen LogP contribution in [0.15, 0.2) is 220 Å². The van der Waals surface area contributed by atoms with E-state index < -0.39 is 0 Å². The third kappa shape index (κ3) is 384. The van der Waals surface area contributed by atoms with Crippen LogP contribution in [0.25, 0.3) is 10.4 Å². The molecule has 476 valence electrons. The number of nitrogens with two attached hydrogens (primary N) is 2. The molecule has 0 rings (SSSR count). The van der Waals surface area contributed by atoms with Gasteiger partial charge >= 0.3 is 0 Å². The molecular weight excluding hydrogens is 1160 g/mol. The lowest BCUT2D eigenvalue weighted by Crippen LogP contribution is -1.70. The fourth-order valence-electron chi connectivity index (χ4n) is 1.17. The molecule has 0 aliphatic heterocycles. The molecule has 0 spiro atoms. The van der Waals surface area contributed by atoms with Crippen LogP contribution in [0.2, 0.25) is 0 Å². The van der Waals surface area contributed by atoms with Crippen LogP contribution in [0.5, 0.6) is 0 Å². The zero-order valence-electron chi connectivity index (χ0n) is 52.1. The number of nitrogens with zero attached hydrogens (tertiary/aromatic N) is 24. The van der Waals surface area contributed by atoms with E-state index in [0.717, 1.165) is 0 Å². The zero-order valence-corrected chi connectivity index (χ0v) is 52.1. The van der Waals surface area contributed by atoms with Crippen molar-refractivity contribution in [3.05, 3.63) is 116 Å². The molecule has 0 saturated heterocycles. The van der Waals surface area contributed by atoms with Crippen molar-refractivity contribution < 1.29 is 0 Å². The summed E-state index contributed by atoms with van der Waals surface area (Å²) in [7, 11) is 0. The Labute approximate surface area is 549 Å². The summed E-state index contributed by atoms with van der Waals surface area (Å²) in [6, 6.07) is 0. The monoisotopic (exact) mass is 1240 g/mol. The van der Waals surface area contributed by atoms with E-state index in [4.69, 9.17) is 54.2 Å². The Morgan fingerprint density at radius 3 is 0.489 bits per heavy atom. The van der Waals surface area contributed by atoms with Gasteiger partial charge in [-0.05, 0) is 299 Å². The fraction of sp³-hybridized carbons (Fsp3) is 0.175. The predicted octanol–water partition coefficient (Wildman–Crippen LogP) is 17.3. The van der Waals surface area contributed by atoms with E-state index in [2.05, 4.69) is 415 Å². The largest absolute Gasteiger partial charge is 0.303 e. The van der Waals surface area contributed by atoms with Gasteiger partial charge in [0.2, 0.25) is 0 Å². The van der Waals surface area contributed by atoms with Gasteiger partial charge < -0.3 is 11.7 Å². The highest BCUT2D eigenvalue weighted by Crippen LogP contribution is 1.87. The summed E-state index contributed by atoms with van der Waals surface area (Å²) in [5.74, 6) is 82.7. The number of hydrogen-bond donors (Lipinski definition) is 5. The molecule has 0 radical (unpaired) electrons. The number of hydrogen-bond acceptors (Lipinski definition) is 5. The zero-order chi connectivity index (χ0) is 74.2. The molecule has 0 aromatic heterocycles. The van der Waals surface area contributed by atoms with E-state index >= 15 is 0 Å². The minimum atomic E-state index is 0. The molecule has 29 heteroatoms. The van der Waals surface area contributed by atoms with Crippen molar-refractivity contribution in [2.24, 2.45) is 127 Å². The summed E-state index contributed by atoms with van der Waals surface area (Å²) in [6.07, 6.45) is 24.2. The van der Waals surface area contributed by atoms with Gasteiger partial charge in [0, 0.05) is 0 Å². The third-order valence-corrected chi connectivity index (χ3v) is 2.69. The third-order valence-electron chi connectivity index (χ3n) is 2.69. The molecule has 0 aliphatic rings. The van der Waals surface area contributed by atoms with E-state index in [0.29, 0.717) is 0 Å². The molecule has 0 aliphatic carbocycles. The first-order valence-electron chi connectivity index (χ1n) is 22.3. The Kier molecular flexibility index (Phi) is 421. The van der Waals surface area contributed by atoms with Crippen LogP contribution in [0, 0.1) is 232 Å². The summed E-state index contributed by atoms with van der Waals surface area (Å²) in [4.78, 5) is 1.75. The Morgan fingerprint density at radius 1 is 0.272 bits per heavy atom. The lowest BCUT2D eigenvalue weighted by Gasteiger charge is -1.68. The maximum atomic E-state index is 6.86. The second-order valence-electron chi connectivity index (χ2n) is 6.24. The maximum absolute atomic E-state index is 6.86. The molecule has 0 aromatic carbocycles. The first kappa shape index (κ1) is 136. The van der Waals surface area contributed by atoms with Crippen molar-refractivity contribution in [1.82, 2.24) is 0 Å². The average Bonchev–Trinajstić information content (AvgIpc) is 3.63. The van der Waals surface area contributed by atoms with Crippen molar-refractivity contribution in [1.29, 1.82) is 16.6 Å². The smallest absolute Gasteiger partial charge is 0.000000000000142 e. The molecule has 0 saturated carbocycles. The quantitative estimate of drug-likeness (QED) is 0.0271. The Balaban J connectivity index is -0.0000000356. The van der Waals surface area contributed by atoms with Crippen LogP contribution in [-0.4, -0.2) is 0 Å². The van der Waals surface area contributed by atoms with Crippen molar-refractivity contribution >= 4 is 0 Å². The maximum Gasteiger partial charge on any atom is -0.000000000000142 e. The van der Waals surface area contributed by atoms with Gasteiger partial charge in [-0.15, -0.1) is 143 Å². The van der Waals surface area contributed by atoms with Gasteiger partial charge in [-0.1, -0.05) is 86.6 Å². The van der Waals surface area contributed by atoms with Crippen LogP contribution in [-0.2, 0) is 0 Å². The number of nitrogens with one attached hydrogen (secondary N) is 3. The van der Waals surface area contributed by atoms with Crippen molar-refractivity contribution in [2.75, 3.05) is 0 Å². The predicted molar refractivity (Wildman–Crippen MR) is 376 cm³/mol. The van der Waals surface area contributed by atoms with Gasteiger partial charge in [0.15, 0.2) is 0 Å². The van der Waals surface area contributed by atoms with Crippen molar-refractivity contribution in [2.45, 2.75) is 77.2 Å². The molecule has 29 nitrogen and oxygen atoms in total. The normalized spacial score (nSPS) is 5.87. The van der Waals surface area contributed by atoms with E-state index in [1.165, 1.54) is 0 Å². The van der Waals surface area contributed by atoms with Gasteiger partial charge in [0.1, 0.15) is 0 Å². The molecule has 0 heterocycles. The molecule has 0 aromatic rings. The highest BCUT2D eigenvalue weighted by atomic mass is 15.7. The van der Waals surface area contributed by atoms with Gasteiger partial charge in [-0.3, -0.25) is 0 Å². The van der Waals surface area contributed by atoms with Crippen LogP contribution < -0.4 is 11.7 Å². The van der Waals surface area contributed by atoms with Crippen LogP contribution in [0.1, 0.15) is 77.2 Å². The SMILES string of the molecule is C.C.C#CC#CC#CC#CC#C.C#CC#CC#CC#CC#CC#CC.C#CC#CC#CC#CC#CC#CC#C.C=C.C=C.C=C.C=C.C=C.C=C.C=C.C=C.CC.CC.CC.CC.N=N/N=N/N=N/N=N/N=N/N.N=N/N=N/N=N/N=N/N=N/N=N/N=N/N.[N-]=[N+]=N. The minimum absolute atomic E-state index is 0. The first-order chi connectivity index (χ1) is 44.5. The van der Waals surface area contributed by atoms with Gasteiger partial charge in [-0.25, -0.2) is 0 Å². The highest BCUT2D eigenvalue weighted by Gasteiger charge is 1.69. The fourth-order valence-corrected chi connectivity index (χ4v) is 1.17. The molecule has 0 atom stereocenters. The standard InChI is InChI=1S/C14H2.C13H4.C10H2.4C2H6.8C2H4.2CH4.H3N15.H3N11.HN3/c1-3-5-7-9-11-13-14-12-10-8-6-4-2;1-3-5-7-9-11-13-12-10-8-6-4-2;1-3-5-7-9-10-8-6-4-2;12*1-2;;;1-3-5-7-9-11-13-15-14-12-10-8-6-4-2;1-3-5-7-9-11-10-8-6-4-2;1-3-2/h1-2H;1H,2H3;1-2H;4*1-2H3;8*1-2H2;2*1H4;(H3,1,2,5,6,9,10,13,14);(H3,1,2,5,6,9,10);1H. The van der Waals surface area contributed by atoms with Crippen molar-refractivity contribution in [3.63, 3.8) is 0 Å².